The Morgan fingerprint density at radius 3 is 2.00 bits per heavy atom. The third-order valence-corrected chi connectivity index (χ3v) is 4.03. The third kappa shape index (κ3) is 8.96. The summed E-state index contributed by atoms with van der Waals surface area (Å²) in [4.78, 5) is 0. The molecule has 0 rings (SSSR count). The summed E-state index contributed by atoms with van der Waals surface area (Å²) in [5.41, 5.74) is 0. The van der Waals surface area contributed by atoms with Gasteiger partial charge in [0.2, 0.25) is 0 Å². The van der Waals surface area contributed by atoms with Crippen LogP contribution in [0.3, 0.4) is 0 Å². The van der Waals surface area contributed by atoms with Crippen LogP contribution in [0, 0.1) is 0 Å². The van der Waals surface area contributed by atoms with Crippen molar-refractivity contribution in [2.45, 2.75) is 63.7 Å². The molecule has 6 heteroatoms. The standard InChI is InChI=1S/C10H22O4S.Na/c1-3-9(11)7-5-6-8-10(4-2)15(12,13)14;/h9-11H,3-8H2,1-2H3,(H,12,13,14);/q;+1/p-1. The molecule has 4 nitrogen and oxygen atoms in total. The maximum Gasteiger partial charge on any atom is 1.00 e. The van der Waals surface area contributed by atoms with Gasteiger partial charge in [0.05, 0.1) is 16.2 Å². The molecule has 0 spiro atoms. The van der Waals surface area contributed by atoms with E-state index in [1.165, 1.54) is 0 Å². The Kier molecular flexibility index (Phi) is 11.8. The molecule has 0 fully saturated rings. The van der Waals surface area contributed by atoms with E-state index in [4.69, 9.17) is 0 Å². The predicted molar refractivity (Wildman–Crippen MR) is 58.5 cm³/mol. The first-order valence-electron chi connectivity index (χ1n) is 5.54. The zero-order valence-electron chi connectivity index (χ0n) is 10.5. The van der Waals surface area contributed by atoms with Gasteiger partial charge >= 0.3 is 29.6 Å². The van der Waals surface area contributed by atoms with Gasteiger partial charge in [-0.1, -0.05) is 26.7 Å². The monoisotopic (exact) mass is 260 g/mol. The van der Waals surface area contributed by atoms with Gasteiger partial charge < -0.3 is 9.66 Å². The molecule has 92 valence electrons. The van der Waals surface area contributed by atoms with Crippen LogP contribution in [0.1, 0.15) is 52.4 Å². The van der Waals surface area contributed by atoms with E-state index in [0.717, 1.165) is 12.8 Å². The van der Waals surface area contributed by atoms with E-state index >= 15 is 0 Å². The molecule has 0 aliphatic rings. The summed E-state index contributed by atoms with van der Waals surface area (Å²) in [6, 6.07) is 0. The Labute approximate surface area is 121 Å². The first-order valence-corrected chi connectivity index (χ1v) is 7.01. The summed E-state index contributed by atoms with van der Waals surface area (Å²) in [6.45, 7) is 3.61. The molecular weight excluding hydrogens is 239 g/mol. The van der Waals surface area contributed by atoms with Crippen molar-refractivity contribution in [1.29, 1.82) is 0 Å². The second-order valence-corrected chi connectivity index (χ2v) is 5.52. The number of rotatable bonds is 8. The van der Waals surface area contributed by atoms with Crippen LogP contribution in [-0.2, 0) is 10.1 Å². The predicted octanol–water partition coefficient (Wildman–Crippen LogP) is -1.35. The fraction of sp³-hybridized carbons (Fsp3) is 1.00. The Bertz CT molecular complexity index is 254. The average Bonchev–Trinajstić information content (AvgIpc) is 2.15. The van der Waals surface area contributed by atoms with Crippen LogP contribution >= 0.6 is 0 Å². The third-order valence-electron chi connectivity index (χ3n) is 2.65. The average molecular weight is 260 g/mol. The summed E-state index contributed by atoms with van der Waals surface area (Å²) in [5.74, 6) is 0. The Balaban J connectivity index is 0. The molecule has 0 radical (unpaired) electrons. The number of hydrogen-bond acceptors (Lipinski definition) is 4. The van der Waals surface area contributed by atoms with E-state index < -0.39 is 15.4 Å². The summed E-state index contributed by atoms with van der Waals surface area (Å²) < 4.78 is 32.2. The van der Waals surface area contributed by atoms with Gasteiger partial charge in [0.25, 0.3) is 0 Å². The zero-order valence-corrected chi connectivity index (χ0v) is 13.3. The van der Waals surface area contributed by atoms with E-state index in [1.54, 1.807) is 6.92 Å². The normalized spacial score (nSPS) is 15.2. The van der Waals surface area contributed by atoms with Crippen molar-refractivity contribution in [1.82, 2.24) is 0 Å². The van der Waals surface area contributed by atoms with Crippen molar-refractivity contribution in [2.75, 3.05) is 0 Å². The minimum absolute atomic E-state index is 0. The van der Waals surface area contributed by atoms with Crippen LogP contribution in [0.25, 0.3) is 0 Å². The van der Waals surface area contributed by atoms with Gasteiger partial charge in [0.15, 0.2) is 0 Å². The minimum Gasteiger partial charge on any atom is -0.748 e. The van der Waals surface area contributed by atoms with Crippen molar-refractivity contribution in [2.24, 2.45) is 0 Å². The largest absolute Gasteiger partial charge is 1.00 e. The molecule has 2 atom stereocenters. The molecule has 0 bridgehead atoms. The summed E-state index contributed by atoms with van der Waals surface area (Å²) in [7, 11) is -4.13. The van der Waals surface area contributed by atoms with Crippen molar-refractivity contribution >= 4 is 10.1 Å². The van der Waals surface area contributed by atoms with Crippen LogP contribution in [0.15, 0.2) is 0 Å². The van der Waals surface area contributed by atoms with Gasteiger partial charge in [-0.3, -0.25) is 0 Å². The van der Waals surface area contributed by atoms with Crippen LogP contribution in [0.2, 0.25) is 0 Å². The topological polar surface area (TPSA) is 77.4 Å². The van der Waals surface area contributed by atoms with E-state index in [-0.39, 0.29) is 35.7 Å². The number of aliphatic hydroxyl groups excluding tert-OH is 1. The quantitative estimate of drug-likeness (QED) is 0.332. The van der Waals surface area contributed by atoms with Crippen molar-refractivity contribution in [3.63, 3.8) is 0 Å². The van der Waals surface area contributed by atoms with Crippen molar-refractivity contribution < 1.29 is 47.6 Å². The number of hydrogen-bond donors (Lipinski definition) is 1. The first-order chi connectivity index (χ1) is 6.91. The van der Waals surface area contributed by atoms with E-state index in [2.05, 4.69) is 0 Å². The second kappa shape index (κ2) is 9.85. The molecule has 0 aromatic rings. The molecule has 0 aromatic carbocycles. The van der Waals surface area contributed by atoms with Crippen molar-refractivity contribution in [3.8, 4) is 0 Å². The Hall–Kier alpha value is 0.870. The molecule has 0 aliphatic carbocycles. The van der Waals surface area contributed by atoms with E-state index in [0.29, 0.717) is 25.7 Å². The molecule has 0 aliphatic heterocycles. The van der Waals surface area contributed by atoms with Crippen molar-refractivity contribution in [3.05, 3.63) is 0 Å². The molecule has 0 heterocycles. The molecule has 0 saturated heterocycles. The first kappa shape index (κ1) is 19.2. The van der Waals surface area contributed by atoms with Gasteiger partial charge in [-0.05, 0) is 25.7 Å². The van der Waals surface area contributed by atoms with Gasteiger partial charge in [0, 0.05) is 5.25 Å². The van der Waals surface area contributed by atoms with Gasteiger partial charge in [-0.25, -0.2) is 8.42 Å². The fourth-order valence-electron chi connectivity index (χ4n) is 1.51. The SMILES string of the molecule is CCC(O)CCCCC(CC)S(=O)(=O)[O-].[Na+]. The number of unbranched alkanes of at least 4 members (excludes halogenated alkanes) is 1. The molecule has 1 N–H and O–H groups in total. The molecule has 0 saturated carbocycles. The molecule has 2 unspecified atom stereocenters. The van der Waals surface area contributed by atoms with Gasteiger partial charge in [0.1, 0.15) is 0 Å². The maximum atomic E-state index is 10.7. The van der Waals surface area contributed by atoms with E-state index in [9.17, 15) is 18.1 Å². The summed E-state index contributed by atoms with van der Waals surface area (Å²) in [6.07, 6.45) is 3.37. The molecular formula is C10H21NaO4S. The number of aliphatic hydroxyl groups is 1. The zero-order chi connectivity index (χ0) is 11.9. The van der Waals surface area contributed by atoms with Crippen LogP contribution in [-0.4, -0.2) is 29.4 Å². The summed E-state index contributed by atoms with van der Waals surface area (Å²) >= 11 is 0. The molecule has 0 amide bonds. The Morgan fingerprint density at radius 1 is 1.12 bits per heavy atom. The Morgan fingerprint density at radius 2 is 1.62 bits per heavy atom. The molecule has 0 aromatic heterocycles. The van der Waals surface area contributed by atoms with Crippen LogP contribution in [0.5, 0.6) is 0 Å². The van der Waals surface area contributed by atoms with Crippen LogP contribution < -0.4 is 29.6 Å². The van der Waals surface area contributed by atoms with Crippen LogP contribution in [0.4, 0.5) is 0 Å². The second-order valence-electron chi connectivity index (χ2n) is 3.87. The fourth-order valence-corrected chi connectivity index (χ4v) is 2.37. The summed E-state index contributed by atoms with van der Waals surface area (Å²) in [5, 5.41) is 8.51. The van der Waals surface area contributed by atoms with Gasteiger partial charge in [-0.15, -0.1) is 0 Å². The smallest absolute Gasteiger partial charge is 0.748 e. The van der Waals surface area contributed by atoms with Gasteiger partial charge in [-0.2, -0.15) is 0 Å². The maximum absolute atomic E-state index is 10.7. The van der Waals surface area contributed by atoms with E-state index in [1.807, 2.05) is 6.92 Å². The minimum atomic E-state index is -4.13. The molecule has 16 heavy (non-hydrogen) atoms.